The standard InChI is InChI=1S/C26H31ClN4O5/c1-16(2)12-30(13-17-6-4-5-7-20(17)27)22(32)14-31-15-26(36-25(31)35)11-10-18-19(26)8-9-21(23(18)33)29-24(34)28-3/h4-9,16,18H,10-15H2,1-3H3,(H2,28,29,34)/t18?,26-/m0/s1. The molecule has 9 nitrogen and oxygen atoms in total. The molecule has 2 aliphatic carbocycles. The van der Waals surface area contributed by atoms with Gasteiger partial charge < -0.3 is 20.3 Å². The van der Waals surface area contributed by atoms with Gasteiger partial charge in [-0.15, -0.1) is 0 Å². The van der Waals surface area contributed by atoms with Crippen molar-refractivity contribution in [3.63, 3.8) is 0 Å². The first kappa shape index (κ1) is 25.8. The molecule has 1 aromatic carbocycles. The number of ketones is 1. The maximum atomic E-state index is 13.3. The zero-order valence-corrected chi connectivity index (χ0v) is 21.4. The van der Waals surface area contributed by atoms with Gasteiger partial charge >= 0.3 is 12.1 Å². The van der Waals surface area contributed by atoms with Crippen LogP contribution in [0.1, 0.15) is 32.3 Å². The summed E-state index contributed by atoms with van der Waals surface area (Å²) in [6, 6.07) is 6.91. The number of urea groups is 1. The molecule has 1 spiro atoms. The number of Topliss-reactive ketones (excluding diaryl/α,β-unsaturated/α-hetero) is 1. The maximum absolute atomic E-state index is 13.3. The highest BCUT2D eigenvalue weighted by molar-refractivity contribution is 6.31. The largest absolute Gasteiger partial charge is 0.436 e. The predicted molar refractivity (Wildman–Crippen MR) is 134 cm³/mol. The molecular formula is C26H31ClN4O5. The fraction of sp³-hybridized carbons (Fsp3) is 0.462. The molecule has 10 heteroatoms. The molecule has 1 heterocycles. The van der Waals surface area contributed by atoms with E-state index in [1.165, 1.54) is 11.9 Å². The molecule has 2 fully saturated rings. The van der Waals surface area contributed by atoms with Crippen LogP contribution in [0.4, 0.5) is 9.59 Å². The van der Waals surface area contributed by atoms with Crippen LogP contribution in [0.25, 0.3) is 0 Å². The van der Waals surface area contributed by atoms with Crippen molar-refractivity contribution in [2.24, 2.45) is 11.8 Å². The molecule has 1 unspecified atom stereocenters. The number of ether oxygens (including phenoxy) is 1. The van der Waals surface area contributed by atoms with Crippen LogP contribution in [-0.4, -0.2) is 65.9 Å². The summed E-state index contributed by atoms with van der Waals surface area (Å²) in [6.07, 6.45) is 3.70. The van der Waals surface area contributed by atoms with Crippen molar-refractivity contribution in [1.29, 1.82) is 0 Å². The fourth-order valence-electron chi connectivity index (χ4n) is 5.09. The smallest absolute Gasteiger partial charge is 0.411 e. The third kappa shape index (κ3) is 5.11. The van der Waals surface area contributed by atoms with Gasteiger partial charge in [0.2, 0.25) is 5.91 Å². The molecule has 1 saturated heterocycles. The van der Waals surface area contributed by atoms with Gasteiger partial charge in [-0.05, 0) is 42.0 Å². The molecule has 1 aromatic rings. The highest BCUT2D eigenvalue weighted by Crippen LogP contribution is 2.48. The lowest BCUT2D eigenvalue weighted by Gasteiger charge is -2.28. The summed E-state index contributed by atoms with van der Waals surface area (Å²) in [5.74, 6) is -0.644. The maximum Gasteiger partial charge on any atom is 0.411 e. The second-order valence-electron chi connectivity index (χ2n) is 9.84. The number of benzene rings is 1. The Morgan fingerprint density at radius 3 is 2.69 bits per heavy atom. The van der Waals surface area contributed by atoms with E-state index in [0.717, 1.165) is 5.56 Å². The number of amides is 4. The molecule has 4 amide bonds. The van der Waals surface area contributed by atoms with Crippen molar-refractivity contribution in [1.82, 2.24) is 20.4 Å². The van der Waals surface area contributed by atoms with E-state index in [4.69, 9.17) is 16.3 Å². The molecule has 192 valence electrons. The van der Waals surface area contributed by atoms with Crippen LogP contribution < -0.4 is 10.6 Å². The Balaban J connectivity index is 1.49. The van der Waals surface area contributed by atoms with E-state index >= 15 is 0 Å². The molecule has 0 radical (unpaired) electrons. The third-order valence-corrected chi connectivity index (χ3v) is 7.16. The van der Waals surface area contributed by atoms with E-state index in [2.05, 4.69) is 10.6 Å². The van der Waals surface area contributed by atoms with Crippen LogP contribution in [0, 0.1) is 11.8 Å². The summed E-state index contributed by atoms with van der Waals surface area (Å²) >= 11 is 6.32. The second kappa shape index (κ2) is 10.3. The minimum atomic E-state index is -0.946. The Bertz CT molecular complexity index is 1150. The first-order chi connectivity index (χ1) is 17.1. The number of rotatable bonds is 7. The van der Waals surface area contributed by atoms with Crippen molar-refractivity contribution in [3.8, 4) is 0 Å². The van der Waals surface area contributed by atoms with Gasteiger partial charge in [0.05, 0.1) is 12.2 Å². The van der Waals surface area contributed by atoms with E-state index in [1.54, 1.807) is 23.1 Å². The van der Waals surface area contributed by atoms with Crippen molar-refractivity contribution in [2.45, 2.75) is 38.8 Å². The molecule has 36 heavy (non-hydrogen) atoms. The van der Waals surface area contributed by atoms with E-state index in [1.807, 2.05) is 32.0 Å². The Labute approximate surface area is 215 Å². The highest BCUT2D eigenvalue weighted by atomic mass is 35.5. The zero-order chi connectivity index (χ0) is 26.0. The fourth-order valence-corrected chi connectivity index (χ4v) is 5.29. The van der Waals surface area contributed by atoms with Gasteiger partial charge in [0.1, 0.15) is 6.54 Å². The van der Waals surface area contributed by atoms with Crippen LogP contribution in [0.15, 0.2) is 47.7 Å². The summed E-state index contributed by atoms with van der Waals surface area (Å²) in [5.41, 5.74) is 0.818. The lowest BCUT2D eigenvalue weighted by Crippen LogP contribution is -2.43. The first-order valence-corrected chi connectivity index (χ1v) is 12.5. The van der Waals surface area contributed by atoms with Gasteiger partial charge in [-0.25, -0.2) is 9.59 Å². The minimum absolute atomic E-state index is 0.122. The van der Waals surface area contributed by atoms with Gasteiger partial charge in [0.15, 0.2) is 11.4 Å². The van der Waals surface area contributed by atoms with Crippen molar-refractivity contribution < 1.29 is 23.9 Å². The summed E-state index contributed by atoms with van der Waals surface area (Å²) in [6.45, 7) is 4.99. The monoisotopic (exact) mass is 514 g/mol. The zero-order valence-electron chi connectivity index (χ0n) is 20.7. The molecule has 3 aliphatic rings. The summed E-state index contributed by atoms with van der Waals surface area (Å²) < 4.78 is 5.82. The highest BCUT2D eigenvalue weighted by Gasteiger charge is 2.56. The normalized spacial score (nSPS) is 22.8. The molecule has 0 aromatic heterocycles. The number of fused-ring (bicyclic) bond motifs is 2. The van der Waals surface area contributed by atoms with E-state index < -0.39 is 23.6 Å². The van der Waals surface area contributed by atoms with E-state index in [9.17, 15) is 19.2 Å². The first-order valence-electron chi connectivity index (χ1n) is 12.1. The molecule has 0 bridgehead atoms. The van der Waals surface area contributed by atoms with Crippen LogP contribution in [-0.2, 0) is 20.9 Å². The molecule has 2 N–H and O–H groups in total. The third-order valence-electron chi connectivity index (χ3n) is 6.80. The molecule has 1 aliphatic heterocycles. The van der Waals surface area contributed by atoms with Crippen LogP contribution in [0.2, 0.25) is 5.02 Å². The molecule has 4 rings (SSSR count). The topological polar surface area (TPSA) is 108 Å². The number of allylic oxidation sites excluding steroid dienone is 3. The Hall–Kier alpha value is -3.33. The van der Waals surface area contributed by atoms with Crippen molar-refractivity contribution in [3.05, 3.63) is 58.3 Å². The lowest BCUT2D eigenvalue weighted by atomic mass is 9.85. The molecule has 2 atom stereocenters. The number of nitrogens with zero attached hydrogens (tertiary/aromatic N) is 2. The van der Waals surface area contributed by atoms with E-state index in [0.29, 0.717) is 36.5 Å². The van der Waals surface area contributed by atoms with Crippen LogP contribution >= 0.6 is 11.6 Å². The van der Waals surface area contributed by atoms with Crippen molar-refractivity contribution in [2.75, 3.05) is 26.7 Å². The summed E-state index contributed by atoms with van der Waals surface area (Å²) in [7, 11) is 1.47. The number of carbonyl (C=O) groups is 4. The second-order valence-corrected chi connectivity index (χ2v) is 10.2. The Kier molecular flexibility index (Phi) is 7.40. The predicted octanol–water partition coefficient (Wildman–Crippen LogP) is 3.25. The Morgan fingerprint density at radius 1 is 1.25 bits per heavy atom. The quantitative estimate of drug-likeness (QED) is 0.580. The number of nitrogens with one attached hydrogen (secondary N) is 2. The lowest BCUT2D eigenvalue weighted by molar-refractivity contribution is -0.133. The van der Waals surface area contributed by atoms with E-state index in [-0.39, 0.29) is 36.4 Å². The minimum Gasteiger partial charge on any atom is -0.436 e. The van der Waals surface area contributed by atoms with Gasteiger partial charge in [-0.2, -0.15) is 0 Å². The summed E-state index contributed by atoms with van der Waals surface area (Å²) in [4.78, 5) is 53.9. The number of hydrogen-bond donors (Lipinski definition) is 2. The number of carbonyl (C=O) groups excluding carboxylic acids is 4. The van der Waals surface area contributed by atoms with Crippen molar-refractivity contribution >= 4 is 35.4 Å². The SMILES string of the molecule is CNC(=O)NC1=CC=C2C(CC[C@]23CN(CC(=O)N(Cc2ccccc2Cl)CC(C)C)C(=O)O3)C1=O. The van der Waals surface area contributed by atoms with Gasteiger partial charge in [0.25, 0.3) is 0 Å². The van der Waals surface area contributed by atoms with Crippen LogP contribution in [0.5, 0.6) is 0 Å². The molecular weight excluding hydrogens is 484 g/mol. The number of hydrogen-bond acceptors (Lipinski definition) is 5. The number of halogens is 1. The average Bonchev–Trinajstić information content (AvgIpc) is 3.35. The van der Waals surface area contributed by atoms with Crippen LogP contribution in [0.3, 0.4) is 0 Å². The summed E-state index contributed by atoms with van der Waals surface area (Å²) in [5, 5.41) is 5.56. The average molecular weight is 515 g/mol. The van der Waals surface area contributed by atoms with Gasteiger partial charge in [-0.3, -0.25) is 14.5 Å². The van der Waals surface area contributed by atoms with Gasteiger partial charge in [0, 0.05) is 31.1 Å². The van der Waals surface area contributed by atoms with Gasteiger partial charge in [-0.1, -0.05) is 49.7 Å². The molecule has 1 saturated carbocycles. The Morgan fingerprint density at radius 2 is 2.00 bits per heavy atom.